The molecule has 0 fully saturated rings. The lowest BCUT2D eigenvalue weighted by molar-refractivity contribution is -0.132. The van der Waals surface area contributed by atoms with Gasteiger partial charge in [-0.15, -0.1) is 0 Å². The van der Waals surface area contributed by atoms with Crippen molar-refractivity contribution in [2.75, 3.05) is 0 Å². The highest BCUT2D eigenvalue weighted by atomic mass is 32.2. The van der Waals surface area contributed by atoms with Crippen LogP contribution in [-0.2, 0) is 14.9 Å². The third-order valence-electron chi connectivity index (χ3n) is 1.34. The Morgan fingerprint density at radius 1 is 1.58 bits per heavy atom. The molecule has 0 aliphatic heterocycles. The quantitative estimate of drug-likeness (QED) is 0.496. The fraction of sp³-hybridized carbons (Fsp3) is 0.500. The summed E-state index contributed by atoms with van der Waals surface area (Å²) in [7, 11) is -4.16. The van der Waals surface area contributed by atoms with Gasteiger partial charge < -0.3 is 5.11 Å². The molecule has 0 aromatic rings. The van der Waals surface area contributed by atoms with Gasteiger partial charge in [-0.1, -0.05) is 6.58 Å². The van der Waals surface area contributed by atoms with Crippen LogP contribution in [0.5, 0.6) is 0 Å². The van der Waals surface area contributed by atoms with Crippen molar-refractivity contribution in [1.29, 1.82) is 0 Å². The summed E-state index contributed by atoms with van der Waals surface area (Å²) in [6.07, 6.45) is -0.270. The Bertz CT molecular complexity index is 289. The summed E-state index contributed by atoms with van der Waals surface area (Å²) in [4.78, 5) is 10.2. The normalized spacial score (nSPS) is 13.8. The molecule has 2 N–H and O–H groups in total. The van der Waals surface area contributed by atoms with Crippen LogP contribution in [0.15, 0.2) is 12.2 Å². The molecule has 5 nitrogen and oxygen atoms in total. The van der Waals surface area contributed by atoms with E-state index in [2.05, 4.69) is 6.58 Å². The van der Waals surface area contributed by atoms with Gasteiger partial charge in [0, 0.05) is 5.57 Å². The molecule has 0 aromatic carbocycles. The first-order valence-corrected chi connectivity index (χ1v) is 4.63. The molecule has 70 valence electrons. The highest BCUT2D eigenvalue weighted by Crippen LogP contribution is 2.09. The van der Waals surface area contributed by atoms with Crippen LogP contribution in [-0.4, -0.2) is 29.3 Å². The number of rotatable bonds is 4. The van der Waals surface area contributed by atoms with E-state index in [1.54, 1.807) is 0 Å². The van der Waals surface area contributed by atoms with Gasteiger partial charge in [0.25, 0.3) is 10.1 Å². The molecule has 0 saturated carbocycles. The summed E-state index contributed by atoms with van der Waals surface area (Å²) in [5.41, 5.74) is -0.236. The maximum absolute atomic E-state index is 10.4. The van der Waals surface area contributed by atoms with E-state index in [-0.39, 0.29) is 12.0 Å². The summed E-state index contributed by atoms with van der Waals surface area (Å²) in [5.74, 6) is -1.26. The first kappa shape index (κ1) is 11.1. The lowest BCUT2D eigenvalue weighted by atomic mass is 10.2. The van der Waals surface area contributed by atoms with Crippen molar-refractivity contribution in [3.05, 3.63) is 12.2 Å². The van der Waals surface area contributed by atoms with Crippen LogP contribution in [0, 0.1) is 0 Å². The monoisotopic (exact) mass is 194 g/mol. The number of carboxylic acids is 1. The van der Waals surface area contributed by atoms with E-state index in [1.807, 2.05) is 0 Å². The zero-order chi connectivity index (χ0) is 9.94. The van der Waals surface area contributed by atoms with E-state index in [0.717, 1.165) is 0 Å². The Labute approximate surface area is 70.5 Å². The Balaban J connectivity index is 4.31. The standard InChI is InChI=1S/C6H10O5S/c1-4(6(7)8)3-5(2)12(9,10)11/h5H,1,3H2,2H3,(H,7,8)(H,9,10,11). The van der Waals surface area contributed by atoms with Crippen LogP contribution in [0.2, 0.25) is 0 Å². The highest BCUT2D eigenvalue weighted by Gasteiger charge is 2.20. The van der Waals surface area contributed by atoms with Gasteiger partial charge in [0.05, 0.1) is 5.25 Å². The molecule has 0 rings (SSSR count). The highest BCUT2D eigenvalue weighted by molar-refractivity contribution is 7.86. The van der Waals surface area contributed by atoms with Crippen LogP contribution in [0.1, 0.15) is 13.3 Å². The van der Waals surface area contributed by atoms with Crippen molar-refractivity contribution >= 4 is 16.1 Å². The van der Waals surface area contributed by atoms with Gasteiger partial charge in [-0.2, -0.15) is 8.42 Å². The van der Waals surface area contributed by atoms with Crippen LogP contribution in [0.3, 0.4) is 0 Å². The van der Waals surface area contributed by atoms with E-state index in [4.69, 9.17) is 9.66 Å². The Kier molecular flexibility index (Phi) is 3.41. The minimum Gasteiger partial charge on any atom is -0.478 e. The molecule has 0 aromatic heterocycles. The van der Waals surface area contributed by atoms with Crippen LogP contribution < -0.4 is 0 Å². The molecule has 0 spiro atoms. The molecule has 1 atom stereocenters. The van der Waals surface area contributed by atoms with Crippen molar-refractivity contribution in [3.8, 4) is 0 Å². The zero-order valence-corrected chi connectivity index (χ0v) is 7.34. The van der Waals surface area contributed by atoms with Crippen LogP contribution >= 0.6 is 0 Å². The van der Waals surface area contributed by atoms with Crippen molar-refractivity contribution in [2.24, 2.45) is 0 Å². The Morgan fingerprint density at radius 3 is 2.25 bits per heavy atom. The predicted octanol–water partition coefficient (Wildman–Crippen LogP) is 0.294. The van der Waals surface area contributed by atoms with Crippen molar-refractivity contribution in [3.63, 3.8) is 0 Å². The van der Waals surface area contributed by atoms with E-state index < -0.39 is 21.3 Å². The third kappa shape index (κ3) is 3.49. The van der Waals surface area contributed by atoms with Gasteiger partial charge >= 0.3 is 5.97 Å². The van der Waals surface area contributed by atoms with Crippen molar-refractivity contribution < 1.29 is 22.9 Å². The predicted molar refractivity (Wildman–Crippen MR) is 42.4 cm³/mol. The van der Waals surface area contributed by atoms with Crippen molar-refractivity contribution in [1.82, 2.24) is 0 Å². The maximum atomic E-state index is 10.4. The number of carboxylic acid groups (broad SMARTS) is 1. The smallest absolute Gasteiger partial charge is 0.330 e. The van der Waals surface area contributed by atoms with Gasteiger partial charge in [0.15, 0.2) is 0 Å². The second kappa shape index (κ2) is 3.68. The summed E-state index contributed by atoms with van der Waals surface area (Å²) < 4.78 is 29.3. The molecular weight excluding hydrogens is 184 g/mol. The largest absolute Gasteiger partial charge is 0.478 e. The second-order valence-electron chi connectivity index (χ2n) is 2.44. The molecule has 12 heavy (non-hydrogen) atoms. The van der Waals surface area contributed by atoms with Gasteiger partial charge in [0.2, 0.25) is 0 Å². The Hall–Kier alpha value is -0.880. The van der Waals surface area contributed by atoms with Gasteiger partial charge in [-0.3, -0.25) is 4.55 Å². The number of hydrogen-bond donors (Lipinski definition) is 2. The van der Waals surface area contributed by atoms with Gasteiger partial charge in [-0.05, 0) is 13.3 Å². The molecule has 0 amide bonds. The van der Waals surface area contributed by atoms with Crippen LogP contribution in [0.25, 0.3) is 0 Å². The number of aliphatic carboxylic acids is 1. The summed E-state index contributed by atoms with van der Waals surface area (Å²) in [5, 5.41) is 7.20. The molecule has 0 saturated heterocycles. The molecule has 0 bridgehead atoms. The first-order chi connectivity index (χ1) is 5.25. The summed E-state index contributed by atoms with van der Waals surface area (Å²) in [6, 6.07) is 0. The fourth-order valence-electron chi connectivity index (χ4n) is 0.540. The van der Waals surface area contributed by atoms with E-state index in [0.29, 0.717) is 0 Å². The average Bonchev–Trinajstić information content (AvgIpc) is 1.85. The zero-order valence-electron chi connectivity index (χ0n) is 6.52. The maximum Gasteiger partial charge on any atom is 0.330 e. The fourth-order valence-corrected chi connectivity index (χ4v) is 0.951. The average molecular weight is 194 g/mol. The molecule has 1 unspecified atom stereocenters. The number of hydrogen-bond acceptors (Lipinski definition) is 3. The molecule has 0 heterocycles. The molecule has 0 radical (unpaired) electrons. The summed E-state index contributed by atoms with van der Waals surface area (Å²) >= 11 is 0. The second-order valence-corrected chi connectivity index (χ2v) is 4.27. The van der Waals surface area contributed by atoms with E-state index in [1.165, 1.54) is 6.92 Å². The molecule has 0 aliphatic rings. The molecule has 0 aliphatic carbocycles. The molecular formula is C6H10O5S. The van der Waals surface area contributed by atoms with E-state index in [9.17, 15) is 13.2 Å². The lowest BCUT2D eigenvalue weighted by Gasteiger charge is -2.06. The SMILES string of the molecule is C=C(CC(C)S(=O)(=O)O)C(=O)O. The van der Waals surface area contributed by atoms with Gasteiger partial charge in [-0.25, -0.2) is 4.79 Å². The lowest BCUT2D eigenvalue weighted by Crippen LogP contribution is -2.18. The Morgan fingerprint density at radius 2 is 2.00 bits per heavy atom. The number of carbonyl (C=O) groups is 1. The van der Waals surface area contributed by atoms with E-state index >= 15 is 0 Å². The third-order valence-corrected chi connectivity index (χ3v) is 2.53. The summed E-state index contributed by atoms with van der Waals surface area (Å²) in [6.45, 7) is 4.34. The first-order valence-electron chi connectivity index (χ1n) is 3.12. The van der Waals surface area contributed by atoms with Crippen molar-refractivity contribution in [2.45, 2.75) is 18.6 Å². The minimum absolute atomic E-state index is 0.236. The van der Waals surface area contributed by atoms with Gasteiger partial charge in [0.1, 0.15) is 0 Å². The van der Waals surface area contributed by atoms with Crippen LogP contribution in [0.4, 0.5) is 0 Å². The molecule has 6 heteroatoms. The minimum atomic E-state index is -4.16. The topological polar surface area (TPSA) is 91.7 Å².